The molecule has 0 saturated carbocycles. The van der Waals surface area contributed by atoms with Gasteiger partial charge in [-0.1, -0.05) is 6.92 Å². The monoisotopic (exact) mass is 1000 g/mol. The zero-order valence-electron chi connectivity index (χ0n) is 40.5. The summed E-state index contributed by atoms with van der Waals surface area (Å²) in [5, 5.41) is 95.7. The first-order valence-corrected chi connectivity index (χ1v) is 23.6. The van der Waals surface area contributed by atoms with Gasteiger partial charge in [0.25, 0.3) is 0 Å². The van der Waals surface area contributed by atoms with Crippen LogP contribution in [0.5, 0.6) is 0 Å². The molecule has 1 amide bonds. The molecule has 25 heteroatoms. The van der Waals surface area contributed by atoms with Crippen LogP contribution in [0.4, 0.5) is 0 Å². The molecule has 8 atom stereocenters. The van der Waals surface area contributed by atoms with Crippen molar-refractivity contribution in [3.63, 3.8) is 0 Å². The molecule has 0 bridgehead atoms. The Morgan fingerprint density at radius 3 is 0.985 bits per heavy atom. The lowest BCUT2D eigenvalue weighted by Crippen LogP contribution is -2.53. The van der Waals surface area contributed by atoms with Crippen LogP contribution in [0.15, 0.2) is 0 Å². The maximum absolute atomic E-state index is 12.3. The van der Waals surface area contributed by atoms with E-state index in [1.54, 1.807) is 6.92 Å². The van der Waals surface area contributed by atoms with Crippen LogP contribution in [0.1, 0.15) is 19.8 Å². The van der Waals surface area contributed by atoms with Crippen molar-refractivity contribution in [1.29, 1.82) is 0 Å². The fourth-order valence-corrected chi connectivity index (χ4v) is 5.56. The van der Waals surface area contributed by atoms with Crippen LogP contribution in [0.3, 0.4) is 0 Å². The minimum Gasteiger partial charge on any atom is -0.394 e. The summed E-state index contributed by atoms with van der Waals surface area (Å²) in [7, 11) is 1.88. The molecule has 0 fully saturated rings. The molecule has 0 aliphatic rings. The van der Waals surface area contributed by atoms with E-state index in [9.17, 15) is 45.6 Å². The van der Waals surface area contributed by atoms with Gasteiger partial charge < -0.3 is 113 Å². The Morgan fingerprint density at radius 2 is 0.691 bits per heavy atom. The molecule has 68 heavy (non-hydrogen) atoms. The number of likely N-dealkylation sites (N-methyl/N-ethyl adjacent to an activating group) is 1. The molecular weight excluding hydrogens is 910 g/mol. The number of carbonyl (C=O) groups excluding carboxylic acids is 1. The summed E-state index contributed by atoms with van der Waals surface area (Å²) in [5.41, 5.74) is 0. The Morgan fingerprint density at radius 1 is 0.412 bits per heavy atom. The number of amides is 1. The highest BCUT2D eigenvalue weighted by molar-refractivity contribution is 5.75. The van der Waals surface area contributed by atoms with Gasteiger partial charge in [-0.2, -0.15) is 0 Å². The Bertz CT molecular complexity index is 1040. The lowest BCUT2D eigenvalue weighted by molar-refractivity contribution is -0.128. The number of nitrogens with one attached hydrogen (secondary N) is 2. The summed E-state index contributed by atoms with van der Waals surface area (Å²) in [4.78, 5) is 13.7. The van der Waals surface area contributed by atoms with E-state index in [1.165, 1.54) is 4.90 Å². The van der Waals surface area contributed by atoms with E-state index in [2.05, 4.69) is 10.6 Å². The Balaban J connectivity index is 3.70. The molecule has 0 aromatic carbocycles. The molecule has 0 aromatic heterocycles. The number of hydrogen-bond donors (Lipinski definition) is 11. The maximum Gasteiger partial charge on any atom is 0.222 e. The summed E-state index contributed by atoms with van der Waals surface area (Å²) in [6.07, 6.45) is -13.4. The molecule has 0 unspecified atom stereocenters. The summed E-state index contributed by atoms with van der Waals surface area (Å²) < 4.78 is 65.5. The summed E-state index contributed by atoms with van der Waals surface area (Å²) in [5.74, 6) is -0.365. The number of rotatable bonds is 54. The van der Waals surface area contributed by atoms with Gasteiger partial charge in [0.15, 0.2) is 0 Å². The highest BCUT2D eigenvalue weighted by atomic mass is 16.6. The zero-order chi connectivity index (χ0) is 50.3. The number of aliphatic hydroxyl groups is 9. The van der Waals surface area contributed by atoms with Gasteiger partial charge in [0.05, 0.1) is 183 Å². The Kier molecular flexibility index (Phi) is 48.1. The van der Waals surface area contributed by atoms with Crippen LogP contribution in [-0.4, -0.2) is 311 Å². The molecule has 0 aromatic rings. The zero-order valence-corrected chi connectivity index (χ0v) is 40.5. The third-order valence-electron chi connectivity index (χ3n) is 9.58. The van der Waals surface area contributed by atoms with Crippen molar-refractivity contribution in [1.82, 2.24) is 15.5 Å². The molecule has 0 spiro atoms. The van der Waals surface area contributed by atoms with Crippen molar-refractivity contribution < 1.29 is 108 Å². The van der Waals surface area contributed by atoms with E-state index >= 15 is 0 Å². The van der Waals surface area contributed by atoms with Gasteiger partial charge in [-0.25, -0.2) is 0 Å². The molecule has 408 valence electrons. The fraction of sp³-hybridized carbons (Fsp3) is 0.977. The smallest absolute Gasteiger partial charge is 0.222 e. The van der Waals surface area contributed by atoms with E-state index < -0.39 is 62.0 Å². The van der Waals surface area contributed by atoms with Crippen molar-refractivity contribution in [2.24, 2.45) is 0 Å². The molecule has 11 N–H and O–H groups in total. The molecule has 0 aliphatic heterocycles. The fourth-order valence-electron chi connectivity index (χ4n) is 5.56. The lowest BCUT2D eigenvalue weighted by atomic mass is 10.00. The second kappa shape index (κ2) is 49.1. The third kappa shape index (κ3) is 40.2. The molecular formula is C43H89N3O22. The van der Waals surface area contributed by atoms with E-state index in [0.29, 0.717) is 139 Å². The topological polar surface area (TPSA) is 337 Å². The number of aliphatic hydroxyl groups excluding tert-OH is 9. The van der Waals surface area contributed by atoms with Gasteiger partial charge >= 0.3 is 0 Å². The molecule has 0 radical (unpaired) electrons. The standard InChI is InChI=1S/C43H89N3O22/c1-3-35(48)40(53)41(54)36(49)32-46(33-37(50)42(55)43(56)38(51)34-47)7-5-45-39(52)4-8-57-10-12-59-14-16-61-18-20-63-22-24-65-26-28-67-30-31-68-29-27-66-25-23-64-21-19-62-17-15-60-13-11-58-9-6-44-2/h35-38,40-44,47-51,53-56H,3-34H2,1-2H3,(H,45,52)/t35-,36+,37+,38-,40-,41-,42-,43-/m1/s1. The van der Waals surface area contributed by atoms with E-state index in [1.807, 2.05) is 7.05 Å². The van der Waals surface area contributed by atoms with Crippen molar-refractivity contribution in [3.05, 3.63) is 0 Å². The van der Waals surface area contributed by atoms with Crippen molar-refractivity contribution >= 4 is 5.91 Å². The minimum absolute atomic E-state index is 0.00367. The Labute approximate surface area is 402 Å². The Hall–Kier alpha value is -1.45. The average Bonchev–Trinajstić information content (AvgIpc) is 3.34. The molecule has 0 aliphatic carbocycles. The van der Waals surface area contributed by atoms with Gasteiger partial charge in [-0.05, 0) is 13.5 Å². The molecule has 25 nitrogen and oxygen atoms in total. The normalized spacial score (nSPS) is 15.6. The average molecular weight is 1000 g/mol. The van der Waals surface area contributed by atoms with E-state index in [-0.39, 0.29) is 58.2 Å². The second-order valence-corrected chi connectivity index (χ2v) is 15.1. The van der Waals surface area contributed by atoms with Gasteiger partial charge in [0.1, 0.15) is 30.5 Å². The van der Waals surface area contributed by atoms with Crippen LogP contribution in [-0.2, 0) is 61.6 Å². The quantitative estimate of drug-likeness (QED) is 0.0253. The molecule has 0 heterocycles. The highest BCUT2D eigenvalue weighted by Crippen LogP contribution is 2.12. The summed E-state index contributed by atoms with van der Waals surface area (Å²) in [6.45, 7) is 11.3. The van der Waals surface area contributed by atoms with Crippen molar-refractivity contribution in [2.45, 2.75) is 68.6 Å². The number of ether oxygens (including phenoxy) is 12. The third-order valence-corrected chi connectivity index (χ3v) is 9.58. The lowest BCUT2D eigenvalue weighted by Gasteiger charge is -2.33. The first kappa shape index (κ1) is 66.6. The highest BCUT2D eigenvalue weighted by Gasteiger charge is 2.34. The van der Waals surface area contributed by atoms with Gasteiger partial charge in [-0.3, -0.25) is 9.69 Å². The predicted octanol–water partition coefficient (Wildman–Crippen LogP) is -5.50. The van der Waals surface area contributed by atoms with Crippen LogP contribution in [0.2, 0.25) is 0 Å². The van der Waals surface area contributed by atoms with Gasteiger partial charge in [-0.15, -0.1) is 0 Å². The minimum atomic E-state index is -1.89. The van der Waals surface area contributed by atoms with E-state index in [4.69, 9.17) is 61.9 Å². The maximum atomic E-state index is 12.3. The largest absolute Gasteiger partial charge is 0.394 e. The number of carbonyl (C=O) groups is 1. The first-order valence-electron chi connectivity index (χ1n) is 23.6. The van der Waals surface area contributed by atoms with Crippen LogP contribution >= 0.6 is 0 Å². The summed E-state index contributed by atoms with van der Waals surface area (Å²) in [6, 6.07) is 0. The van der Waals surface area contributed by atoms with Crippen LogP contribution in [0.25, 0.3) is 0 Å². The second-order valence-electron chi connectivity index (χ2n) is 15.1. The first-order chi connectivity index (χ1) is 33.0. The van der Waals surface area contributed by atoms with Crippen molar-refractivity contribution in [3.8, 4) is 0 Å². The SMILES string of the molecule is CC[C@@H](O)[C@@H](O)[C@H](O)[C@@H](O)CN(CCNC(=O)CCOCCOCCOCCOCCOCCOCCOCCOCCOCCOCCOCCOCCNC)C[C@H](O)[C@@H](O)[C@H](O)[C@H](O)CO. The van der Waals surface area contributed by atoms with Crippen LogP contribution in [0, 0.1) is 0 Å². The van der Waals surface area contributed by atoms with Crippen molar-refractivity contribution in [2.75, 3.05) is 205 Å². The van der Waals surface area contributed by atoms with Gasteiger partial charge in [0, 0.05) is 39.1 Å². The number of hydrogen-bond acceptors (Lipinski definition) is 24. The van der Waals surface area contributed by atoms with Crippen LogP contribution < -0.4 is 10.6 Å². The molecule has 0 rings (SSSR count). The van der Waals surface area contributed by atoms with Gasteiger partial charge in [0.2, 0.25) is 5.91 Å². The summed E-state index contributed by atoms with van der Waals surface area (Å²) >= 11 is 0. The molecule has 0 saturated heterocycles. The number of nitrogens with zero attached hydrogens (tertiary/aromatic N) is 1. The van der Waals surface area contributed by atoms with E-state index in [0.717, 1.165) is 6.54 Å². The predicted molar refractivity (Wildman–Crippen MR) is 243 cm³/mol.